The van der Waals surface area contributed by atoms with Crippen molar-refractivity contribution in [2.24, 2.45) is 29.4 Å². The molecular weight excluding hydrogens is 606 g/mol. The van der Waals surface area contributed by atoms with Crippen molar-refractivity contribution in [1.82, 2.24) is 0 Å². The van der Waals surface area contributed by atoms with E-state index in [0.717, 1.165) is 56.5 Å². The first-order valence-corrected chi connectivity index (χ1v) is 18.4. The van der Waals surface area contributed by atoms with Gasteiger partial charge in [-0.1, -0.05) is 159 Å². The number of ketones is 2. The Balaban J connectivity index is -0.000000192. The van der Waals surface area contributed by atoms with Gasteiger partial charge >= 0.3 is 0 Å². The highest BCUT2D eigenvalue weighted by molar-refractivity contribution is 5.89. The van der Waals surface area contributed by atoms with E-state index in [-0.39, 0.29) is 21.8 Å². The van der Waals surface area contributed by atoms with E-state index < -0.39 is 0 Å². The second-order valence-electron chi connectivity index (χ2n) is 13.2. The summed E-state index contributed by atoms with van der Waals surface area (Å²) in [5.74, 6) is 3.97. The molecule has 0 unspecified atom stereocenters. The fraction of sp³-hybridized carbons (Fsp3) is 0.614. The maximum Gasteiger partial charge on any atom is 0.155 e. The number of rotatable bonds is 16. The Morgan fingerprint density at radius 2 is 1.16 bits per heavy atom. The molecule has 0 atom stereocenters. The SMILES string of the molecule is C.C=C/C=C(\CCN)Cc1ccc(C)cc1.C=CC(=O)CCC1CCC(CC)CC1.C=CC(=O)CCC1CCC(CCC)CC1.C=O.CO.[HH].[HH]. The van der Waals surface area contributed by atoms with Gasteiger partial charge < -0.3 is 15.6 Å². The van der Waals surface area contributed by atoms with Gasteiger partial charge in [-0.15, -0.1) is 0 Å². The largest absolute Gasteiger partial charge is 0.400 e. The lowest BCUT2D eigenvalue weighted by atomic mass is 9.78. The van der Waals surface area contributed by atoms with E-state index in [9.17, 15) is 9.59 Å². The van der Waals surface area contributed by atoms with Gasteiger partial charge in [0.05, 0.1) is 0 Å². The number of benzene rings is 1. The van der Waals surface area contributed by atoms with Crippen LogP contribution in [0.3, 0.4) is 0 Å². The van der Waals surface area contributed by atoms with E-state index in [1.54, 1.807) is 0 Å². The van der Waals surface area contributed by atoms with Crippen LogP contribution >= 0.6 is 0 Å². The van der Waals surface area contributed by atoms with Crippen molar-refractivity contribution >= 4 is 18.4 Å². The van der Waals surface area contributed by atoms with Crippen LogP contribution in [-0.2, 0) is 20.8 Å². The number of aryl methyl sites for hydroxylation is 1. The molecule has 0 spiro atoms. The highest BCUT2D eigenvalue weighted by Gasteiger charge is 2.21. The van der Waals surface area contributed by atoms with E-state index in [1.165, 1.54) is 99.5 Å². The van der Waals surface area contributed by atoms with Crippen LogP contribution in [0.15, 0.2) is 73.9 Å². The number of nitrogens with two attached hydrogens (primary N) is 1. The summed E-state index contributed by atoms with van der Waals surface area (Å²) in [4.78, 5) is 30.2. The summed E-state index contributed by atoms with van der Waals surface area (Å²) in [5.41, 5.74) is 9.54. The zero-order valence-electron chi connectivity index (χ0n) is 31.2. The topological polar surface area (TPSA) is 97.5 Å². The predicted octanol–water partition coefficient (Wildman–Crippen LogP) is 11.4. The molecule has 0 aliphatic heterocycles. The van der Waals surface area contributed by atoms with Gasteiger partial charge in [0.15, 0.2) is 11.6 Å². The van der Waals surface area contributed by atoms with Crippen molar-refractivity contribution in [3.63, 3.8) is 0 Å². The van der Waals surface area contributed by atoms with Gasteiger partial charge in [-0.3, -0.25) is 9.59 Å². The van der Waals surface area contributed by atoms with Crippen molar-refractivity contribution < 1.29 is 22.3 Å². The quantitative estimate of drug-likeness (QED) is 0.133. The van der Waals surface area contributed by atoms with Crippen LogP contribution in [0.4, 0.5) is 0 Å². The van der Waals surface area contributed by atoms with E-state index in [0.29, 0.717) is 19.4 Å². The Morgan fingerprint density at radius 3 is 1.51 bits per heavy atom. The molecule has 2 fully saturated rings. The van der Waals surface area contributed by atoms with Crippen molar-refractivity contribution in [1.29, 1.82) is 0 Å². The molecule has 2 aliphatic carbocycles. The Hall–Kier alpha value is -2.89. The van der Waals surface area contributed by atoms with Gasteiger partial charge in [-0.2, -0.15) is 0 Å². The first-order chi connectivity index (χ1) is 23.3. The standard InChI is InChI=1S/C14H19N.C14H24O.C13H22O.CH4O.CH2O.CH4.2H2/c1-3-4-13(9-10-15)11-14-7-5-12(2)6-8-14;1-3-5-12-6-8-13(9-7-12)10-11-14(15)4-2;1-3-11-5-7-12(8-6-11)9-10-13(14)4-2;2*1-2;;;/h3-8H,1,9-11,15H2,2H3;4,12-13H,2-3,5-11H2,1H3;4,11-12H,2-3,5-10H2,1H3;2H,1H3;1H2;1H4;2*1H/b13-4+;;;;;;;. The minimum atomic E-state index is 0. The Kier molecular flexibility index (Phi) is 36.0. The highest BCUT2D eigenvalue weighted by atomic mass is 16.2. The molecule has 2 saturated carbocycles. The molecule has 5 heteroatoms. The van der Waals surface area contributed by atoms with Crippen LogP contribution in [-0.4, -0.2) is 37.1 Å². The lowest BCUT2D eigenvalue weighted by Gasteiger charge is -2.28. The maximum absolute atomic E-state index is 11.1. The molecule has 3 N–H and O–H groups in total. The van der Waals surface area contributed by atoms with Crippen molar-refractivity contribution in [2.75, 3.05) is 13.7 Å². The van der Waals surface area contributed by atoms with E-state index in [4.69, 9.17) is 15.6 Å². The van der Waals surface area contributed by atoms with Gasteiger partial charge in [0.25, 0.3) is 0 Å². The van der Waals surface area contributed by atoms with Crippen molar-refractivity contribution in [3.05, 3.63) is 85.0 Å². The van der Waals surface area contributed by atoms with E-state index >= 15 is 0 Å². The van der Waals surface area contributed by atoms with Gasteiger partial charge in [-0.05, 0) is 80.5 Å². The molecule has 0 bridgehead atoms. The molecule has 3 rings (SSSR count). The summed E-state index contributed by atoms with van der Waals surface area (Å²) < 4.78 is 0. The number of allylic oxidation sites excluding steroid dienone is 4. The first kappa shape index (κ1) is 50.5. The molecule has 0 aromatic heterocycles. The van der Waals surface area contributed by atoms with Crippen LogP contribution in [0, 0.1) is 30.6 Å². The average molecular weight is 686 g/mol. The van der Waals surface area contributed by atoms with E-state index in [1.807, 2.05) is 12.9 Å². The Morgan fingerprint density at radius 1 is 0.755 bits per heavy atom. The zero-order valence-corrected chi connectivity index (χ0v) is 31.2. The van der Waals surface area contributed by atoms with Crippen molar-refractivity contribution in [2.45, 2.75) is 137 Å². The van der Waals surface area contributed by atoms with Gasteiger partial charge in [0.2, 0.25) is 0 Å². The summed E-state index contributed by atoms with van der Waals surface area (Å²) in [6, 6.07) is 8.62. The predicted molar refractivity (Wildman–Crippen MR) is 218 cm³/mol. The first-order valence-electron chi connectivity index (χ1n) is 18.4. The molecule has 284 valence electrons. The number of carbonyl (C=O) groups excluding carboxylic acids is 3. The van der Waals surface area contributed by atoms with E-state index in [2.05, 4.69) is 70.8 Å². The third kappa shape index (κ3) is 26.6. The summed E-state index contributed by atoms with van der Waals surface area (Å²) in [5, 5.41) is 7.00. The molecule has 2 aliphatic rings. The highest BCUT2D eigenvalue weighted by Crippen LogP contribution is 2.34. The molecule has 0 heterocycles. The lowest BCUT2D eigenvalue weighted by molar-refractivity contribution is -0.115. The molecule has 49 heavy (non-hydrogen) atoms. The van der Waals surface area contributed by atoms with Crippen LogP contribution in [0.25, 0.3) is 0 Å². The molecule has 0 amide bonds. The summed E-state index contributed by atoms with van der Waals surface area (Å²) in [6.45, 7) is 20.1. The average Bonchev–Trinajstić information content (AvgIpc) is 3.14. The number of aliphatic hydroxyl groups is 1. The number of aliphatic hydroxyl groups excluding tert-OH is 1. The van der Waals surface area contributed by atoms with Crippen LogP contribution in [0.5, 0.6) is 0 Å². The fourth-order valence-corrected chi connectivity index (χ4v) is 6.59. The van der Waals surface area contributed by atoms with Crippen LogP contribution in [0.1, 0.15) is 138 Å². The van der Waals surface area contributed by atoms with Crippen LogP contribution < -0.4 is 5.73 Å². The van der Waals surface area contributed by atoms with Gasteiger partial charge in [-0.25, -0.2) is 0 Å². The maximum atomic E-state index is 11.1. The molecule has 1 aromatic rings. The Bertz CT molecular complexity index is 1010. The second kappa shape index (κ2) is 35.0. The zero-order chi connectivity index (χ0) is 36.6. The summed E-state index contributed by atoms with van der Waals surface area (Å²) >= 11 is 0. The lowest BCUT2D eigenvalue weighted by Crippen LogP contribution is -2.15. The third-order valence-corrected chi connectivity index (χ3v) is 9.63. The summed E-state index contributed by atoms with van der Waals surface area (Å²) in [7, 11) is 1.00. The number of carbonyl (C=O) groups is 3. The second-order valence-corrected chi connectivity index (χ2v) is 13.2. The minimum absolute atomic E-state index is 0. The van der Waals surface area contributed by atoms with Gasteiger partial charge in [0.1, 0.15) is 6.79 Å². The monoisotopic (exact) mass is 686 g/mol. The smallest absolute Gasteiger partial charge is 0.155 e. The number of hydrogen-bond donors (Lipinski definition) is 2. The molecular formula is C44H79NO4. The minimum Gasteiger partial charge on any atom is -0.400 e. The molecule has 5 nitrogen and oxygen atoms in total. The molecule has 0 saturated heterocycles. The van der Waals surface area contributed by atoms with Gasteiger partial charge in [0, 0.05) is 22.8 Å². The fourth-order valence-electron chi connectivity index (χ4n) is 6.59. The molecule has 1 aromatic carbocycles. The van der Waals surface area contributed by atoms with Crippen LogP contribution in [0.2, 0.25) is 0 Å². The normalized spacial score (nSPS) is 19.5. The third-order valence-electron chi connectivity index (χ3n) is 9.63. The number of hydrogen-bond acceptors (Lipinski definition) is 5. The van der Waals surface area contributed by atoms with Crippen molar-refractivity contribution in [3.8, 4) is 0 Å². The summed E-state index contributed by atoms with van der Waals surface area (Å²) in [6.07, 6.45) is 27.3. The molecule has 0 radical (unpaired) electrons. The Labute approximate surface area is 305 Å².